The van der Waals surface area contributed by atoms with Gasteiger partial charge in [0.05, 0.1) is 12.6 Å². The minimum absolute atomic E-state index is 0.282. The third-order valence-electron chi connectivity index (χ3n) is 2.21. The Hall–Kier alpha value is -1.39. The van der Waals surface area contributed by atoms with E-state index in [0.717, 1.165) is 5.39 Å². The summed E-state index contributed by atoms with van der Waals surface area (Å²) in [4.78, 5) is 0. The highest BCUT2D eigenvalue weighted by Gasteiger charge is 2.11. The third kappa shape index (κ3) is 2.00. The van der Waals surface area contributed by atoms with E-state index in [1.807, 2.05) is 0 Å². The Morgan fingerprint density at radius 3 is 3.00 bits per heavy atom. The van der Waals surface area contributed by atoms with Crippen molar-refractivity contribution in [1.29, 1.82) is 0 Å². The van der Waals surface area contributed by atoms with Gasteiger partial charge < -0.3 is 14.9 Å². The number of hydrogen-bond donors (Lipinski definition) is 1. The van der Waals surface area contributed by atoms with Gasteiger partial charge in [-0.25, -0.2) is 4.39 Å². The van der Waals surface area contributed by atoms with Crippen molar-refractivity contribution < 1.29 is 13.5 Å². The Morgan fingerprint density at radius 2 is 2.27 bits per heavy atom. The van der Waals surface area contributed by atoms with Crippen molar-refractivity contribution in [2.24, 2.45) is 5.73 Å². The standard InChI is InChI=1S/C11H12FNO2/c1-14-6-9(13)11-5-7-4-8(12)2-3-10(7)15-11/h2-5,9H,6,13H2,1H3. The number of methoxy groups -OCH3 is 1. The fourth-order valence-electron chi connectivity index (χ4n) is 1.48. The summed E-state index contributed by atoms with van der Waals surface area (Å²) in [5.74, 6) is 0.326. The van der Waals surface area contributed by atoms with Gasteiger partial charge in [-0.05, 0) is 24.3 Å². The molecule has 1 unspecified atom stereocenters. The van der Waals surface area contributed by atoms with Crippen LogP contribution in [0, 0.1) is 5.82 Å². The van der Waals surface area contributed by atoms with Crippen LogP contribution < -0.4 is 5.73 Å². The van der Waals surface area contributed by atoms with Gasteiger partial charge in [-0.15, -0.1) is 0 Å². The van der Waals surface area contributed by atoms with E-state index in [9.17, 15) is 4.39 Å². The summed E-state index contributed by atoms with van der Waals surface area (Å²) in [6.45, 7) is 0.377. The van der Waals surface area contributed by atoms with Crippen LogP contribution in [0.4, 0.5) is 4.39 Å². The van der Waals surface area contributed by atoms with Crippen LogP contribution in [0.1, 0.15) is 11.8 Å². The van der Waals surface area contributed by atoms with E-state index in [1.54, 1.807) is 19.2 Å². The lowest BCUT2D eigenvalue weighted by molar-refractivity contribution is 0.173. The highest BCUT2D eigenvalue weighted by Crippen LogP contribution is 2.23. The second kappa shape index (κ2) is 4.00. The van der Waals surface area contributed by atoms with E-state index >= 15 is 0 Å². The molecular weight excluding hydrogens is 197 g/mol. The van der Waals surface area contributed by atoms with E-state index in [0.29, 0.717) is 18.0 Å². The lowest BCUT2D eigenvalue weighted by Crippen LogP contribution is -2.14. The largest absolute Gasteiger partial charge is 0.459 e. The number of rotatable bonds is 3. The number of ether oxygens (including phenoxy) is 1. The third-order valence-corrected chi connectivity index (χ3v) is 2.21. The molecule has 0 aliphatic rings. The molecule has 2 aromatic rings. The number of benzene rings is 1. The Bertz CT molecular complexity index is 467. The highest BCUT2D eigenvalue weighted by atomic mass is 19.1. The van der Waals surface area contributed by atoms with Gasteiger partial charge in [0.25, 0.3) is 0 Å². The van der Waals surface area contributed by atoms with Crippen molar-refractivity contribution in [2.45, 2.75) is 6.04 Å². The molecule has 0 aliphatic heterocycles. The molecule has 15 heavy (non-hydrogen) atoms. The first-order valence-corrected chi connectivity index (χ1v) is 4.64. The molecule has 1 heterocycles. The molecule has 0 fully saturated rings. The maximum atomic E-state index is 12.9. The summed E-state index contributed by atoms with van der Waals surface area (Å²) < 4.78 is 23.3. The Labute approximate surface area is 86.6 Å². The highest BCUT2D eigenvalue weighted by molar-refractivity contribution is 5.77. The lowest BCUT2D eigenvalue weighted by Gasteiger charge is -2.05. The van der Waals surface area contributed by atoms with Gasteiger partial charge in [0.15, 0.2) is 0 Å². The van der Waals surface area contributed by atoms with Crippen LogP contribution in [0.2, 0.25) is 0 Å². The molecule has 1 atom stereocenters. The van der Waals surface area contributed by atoms with Crippen LogP contribution in [0.25, 0.3) is 11.0 Å². The Kier molecular flexibility index (Phi) is 2.70. The first-order chi connectivity index (χ1) is 7.20. The molecule has 1 aromatic heterocycles. The molecule has 4 heteroatoms. The first-order valence-electron chi connectivity index (χ1n) is 4.64. The molecule has 0 saturated carbocycles. The quantitative estimate of drug-likeness (QED) is 0.843. The maximum Gasteiger partial charge on any atom is 0.134 e. The summed E-state index contributed by atoms with van der Waals surface area (Å²) in [6.07, 6.45) is 0. The topological polar surface area (TPSA) is 48.4 Å². The van der Waals surface area contributed by atoms with Gasteiger partial charge in [0.1, 0.15) is 17.2 Å². The Morgan fingerprint density at radius 1 is 1.47 bits per heavy atom. The average Bonchev–Trinajstić information content (AvgIpc) is 2.60. The molecule has 2 rings (SSSR count). The van der Waals surface area contributed by atoms with Gasteiger partial charge >= 0.3 is 0 Å². The number of nitrogens with two attached hydrogens (primary N) is 1. The second-order valence-electron chi connectivity index (χ2n) is 3.39. The van der Waals surface area contributed by atoms with Crippen molar-refractivity contribution >= 4 is 11.0 Å². The van der Waals surface area contributed by atoms with E-state index in [1.165, 1.54) is 12.1 Å². The van der Waals surface area contributed by atoms with Crippen molar-refractivity contribution in [3.05, 3.63) is 35.8 Å². The predicted octanol–water partition coefficient (Wildman–Crippen LogP) is 2.22. The first kappa shape index (κ1) is 10.1. The van der Waals surface area contributed by atoms with Crippen molar-refractivity contribution in [3.8, 4) is 0 Å². The zero-order valence-corrected chi connectivity index (χ0v) is 8.37. The van der Waals surface area contributed by atoms with E-state index in [-0.39, 0.29) is 11.9 Å². The molecule has 0 radical (unpaired) electrons. The van der Waals surface area contributed by atoms with E-state index in [2.05, 4.69) is 0 Å². The van der Waals surface area contributed by atoms with E-state index < -0.39 is 0 Å². The van der Waals surface area contributed by atoms with Crippen molar-refractivity contribution in [2.75, 3.05) is 13.7 Å². The van der Waals surface area contributed by atoms with Gasteiger partial charge in [-0.1, -0.05) is 0 Å². The molecule has 0 bridgehead atoms. The fraction of sp³-hybridized carbons (Fsp3) is 0.273. The van der Waals surface area contributed by atoms with Gasteiger partial charge in [-0.2, -0.15) is 0 Å². The van der Waals surface area contributed by atoms with Crippen molar-refractivity contribution in [3.63, 3.8) is 0 Å². The molecule has 2 N–H and O–H groups in total. The maximum absolute atomic E-state index is 12.9. The number of fused-ring (bicyclic) bond motifs is 1. The molecule has 0 saturated heterocycles. The number of halogens is 1. The predicted molar refractivity (Wildman–Crippen MR) is 55.0 cm³/mol. The normalized spacial score (nSPS) is 13.3. The van der Waals surface area contributed by atoms with Crippen LogP contribution in [0.5, 0.6) is 0 Å². The SMILES string of the molecule is COCC(N)c1cc2cc(F)ccc2o1. The monoisotopic (exact) mass is 209 g/mol. The van der Waals surface area contributed by atoms with Gasteiger partial charge in [-0.3, -0.25) is 0 Å². The molecule has 0 amide bonds. The molecule has 0 spiro atoms. The molecule has 0 aliphatic carbocycles. The summed E-state index contributed by atoms with van der Waals surface area (Å²) in [5, 5.41) is 0.719. The zero-order valence-electron chi connectivity index (χ0n) is 8.37. The van der Waals surface area contributed by atoms with Crippen LogP contribution in [0.15, 0.2) is 28.7 Å². The van der Waals surface area contributed by atoms with Gasteiger partial charge in [0.2, 0.25) is 0 Å². The number of furan rings is 1. The smallest absolute Gasteiger partial charge is 0.134 e. The average molecular weight is 209 g/mol. The molecule has 80 valence electrons. The minimum Gasteiger partial charge on any atom is -0.459 e. The molecular formula is C11H12FNO2. The summed E-state index contributed by atoms with van der Waals surface area (Å²) in [7, 11) is 1.57. The minimum atomic E-state index is -0.314. The summed E-state index contributed by atoms with van der Waals surface area (Å²) in [5.41, 5.74) is 6.43. The van der Waals surface area contributed by atoms with Crippen LogP contribution in [-0.2, 0) is 4.74 Å². The van der Waals surface area contributed by atoms with Crippen LogP contribution >= 0.6 is 0 Å². The summed E-state index contributed by atoms with van der Waals surface area (Å²) in [6, 6.07) is 5.79. The Balaban J connectivity index is 2.38. The molecule has 1 aromatic carbocycles. The summed E-state index contributed by atoms with van der Waals surface area (Å²) >= 11 is 0. The number of hydrogen-bond acceptors (Lipinski definition) is 3. The van der Waals surface area contributed by atoms with Crippen LogP contribution in [0.3, 0.4) is 0 Å². The second-order valence-corrected chi connectivity index (χ2v) is 3.39. The van der Waals surface area contributed by atoms with Gasteiger partial charge in [0, 0.05) is 12.5 Å². The fourth-order valence-corrected chi connectivity index (χ4v) is 1.48. The molecule has 3 nitrogen and oxygen atoms in total. The van der Waals surface area contributed by atoms with Crippen molar-refractivity contribution in [1.82, 2.24) is 0 Å². The zero-order chi connectivity index (χ0) is 10.8. The lowest BCUT2D eigenvalue weighted by atomic mass is 10.2. The van der Waals surface area contributed by atoms with Crippen LogP contribution in [-0.4, -0.2) is 13.7 Å². The van der Waals surface area contributed by atoms with E-state index in [4.69, 9.17) is 14.9 Å².